The number of anilines is 2. The average Bonchev–Trinajstić information content (AvgIpc) is 2.91. The average molecular weight is 602 g/mol. The molecule has 0 atom stereocenters. The lowest BCUT2D eigenvalue weighted by molar-refractivity contribution is -0.143. The van der Waals surface area contributed by atoms with Gasteiger partial charge in [-0.1, -0.05) is 6.07 Å². The van der Waals surface area contributed by atoms with Crippen LogP contribution in [0.1, 0.15) is 36.1 Å². The van der Waals surface area contributed by atoms with Gasteiger partial charge >= 0.3 is 12.4 Å². The number of nitrogens with zero attached hydrogens (tertiary/aromatic N) is 3. The molecule has 0 aliphatic carbocycles. The number of aliphatic hydroxyl groups is 2. The molecule has 0 aliphatic heterocycles. The van der Waals surface area contributed by atoms with E-state index in [9.17, 15) is 45.7 Å². The van der Waals surface area contributed by atoms with Crippen molar-refractivity contribution >= 4 is 17.4 Å². The molecule has 0 saturated carbocycles. The van der Waals surface area contributed by atoms with Crippen LogP contribution in [0, 0.1) is 12.7 Å². The van der Waals surface area contributed by atoms with E-state index in [1.54, 1.807) is 14.0 Å². The summed E-state index contributed by atoms with van der Waals surface area (Å²) < 4.78 is 95.1. The highest BCUT2D eigenvalue weighted by atomic mass is 19.4. The van der Waals surface area contributed by atoms with Crippen LogP contribution in [0.2, 0.25) is 0 Å². The van der Waals surface area contributed by atoms with Crippen LogP contribution in [-0.4, -0.2) is 54.5 Å². The highest BCUT2D eigenvalue weighted by Crippen LogP contribution is 2.41. The monoisotopic (exact) mass is 601 g/mol. The van der Waals surface area contributed by atoms with Crippen molar-refractivity contribution in [3.63, 3.8) is 0 Å². The van der Waals surface area contributed by atoms with E-state index in [1.807, 2.05) is 0 Å². The van der Waals surface area contributed by atoms with E-state index < -0.39 is 65.4 Å². The number of amides is 1. The first-order valence-corrected chi connectivity index (χ1v) is 12.6. The summed E-state index contributed by atoms with van der Waals surface area (Å²) in [5.74, 6) is -1.11. The SMILES string of the molecule is Cc1cc(F)ccc1-c1cc(N(C)C(CO)CO)ncc1N(C)C(=O)C(C)(C)c1cc(C(F)(F)F)cc(C(F)(F)F)c1. The van der Waals surface area contributed by atoms with Gasteiger partial charge in [0.1, 0.15) is 11.6 Å². The first-order valence-electron chi connectivity index (χ1n) is 12.6. The maximum Gasteiger partial charge on any atom is 0.416 e. The molecule has 1 aromatic heterocycles. The van der Waals surface area contributed by atoms with Gasteiger partial charge in [0.05, 0.1) is 47.7 Å². The summed E-state index contributed by atoms with van der Waals surface area (Å²) >= 11 is 0. The topological polar surface area (TPSA) is 76.9 Å². The Hall–Kier alpha value is -3.71. The van der Waals surface area contributed by atoms with Crippen LogP contribution in [-0.2, 0) is 22.6 Å². The Bertz CT molecular complexity index is 1420. The number of aliphatic hydroxyl groups excluding tert-OH is 2. The van der Waals surface area contributed by atoms with Gasteiger partial charge in [0.2, 0.25) is 5.91 Å². The molecule has 228 valence electrons. The van der Waals surface area contributed by atoms with Crippen molar-refractivity contribution in [2.45, 2.75) is 44.6 Å². The van der Waals surface area contributed by atoms with E-state index in [4.69, 9.17) is 0 Å². The number of carbonyl (C=O) groups is 1. The minimum Gasteiger partial charge on any atom is -0.394 e. The minimum absolute atomic E-state index is 0.00560. The number of aryl methyl sites for hydroxylation is 1. The number of hydrogen-bond donors (Lipinski definition) is 2. The summed E-state index contributed by atoms with van der Waals surface area (Å²) in [5, 5.41) is 19.2. The Morgan fingerprint density at radius 2 is 1.38 bits per heavy atom. The van der Waals surface area contributed by atoms with Gasteiger partial charge in [0.15, 0.2) is 0 Å². The lowest BCUT2D eigenvalue weighted by Crippen LogP contribution is -2.42. The molecule has 42 heavy (non-hydrogen) atoms. The number of rotatable bonds is 8. The van der Waals surface area contributed by atoms with Crippen molar-refractivity contribution < 1.29 is 45.7 Å². The van der Waals surface area contributed by atoms with Crippen molar-refractivity contribution in [3.8, 4) is 11.1 Å². The van der Waals surface area contributed by atoms with E-state index in [0.717, 1.165) is 4.90 Å². The van der Waals surface area contributed by atoms with Crippen LogP contribution < -0.4 is 9.80 Å². The molecule has 3 rings (SSSR count). The third kappa shape index (κ3) is 6.67. The maximum absolute atomic E-state index is 13.9. The summed E-state index contributed by atoms with van der Waals surface area (Å²) in [4.78, 5) is 20.7. The molecule has 0 unspecified atom stereocenters. The summed E-state index contributed by atoms with van der Waals surface area (Å²) in [7, 11) is 2.86. The van der Waals surface area contributed by atoms with E-state index in [2.05, 4.69) is 4.98 Å². The van der Waals surface area contributed by atoms with Crippen molar-refractivity contribution in [1.29, 1.82) is 0 Å². The molecule has 1 heterocycles. The second kappa shape index (κ2) is 11.9. The van der Waals surface area contributed by atoms with Crippen LogP contribution in [0.4, 0.5) is 42.2 Å². The number of benzene rings is 2. The Kier molecular flexibility index (Phi) is 9.28. The highest BCUT2D eigenvalue weighted by Gasteiger charge is 2.41. The number of aromatic nitrogens is 1. The molecule has 0 fully saturated rings. The Morgan fingerprint density at radius 1 is 0.857 bits per heavy atom. The molecule has 1 amide bonds. The van der Waals surface area contributed by atoms with Crippen LogP contribution in [0.15, 0.2) is 48.7 Å². The Morgan fingerprint density at radius 3 is 1.86 bits per heavy atom. The molecule has 0 bridgehead atoms. The second-order valence-corrected chi connectivity index (χ2v) is 10.4. The summed E-state index contributed by atoms with van der Waals surface area (Å²) in [6, 6.07) is 5.72. The van der Waals surface area contributed by atoms with E-state index >= 15 is 0 Å². The molecule has 2 aromatic carbocycles. The maximum atomic E-state index is 13.9. The molecule has 6 nitrogen and oxygen atoms in total. The van der Waals surface area contributed by atoms with Gasteiger partial charge in [-0.2, -0.15) is 26.3 Å². The highest BCUT2D eigenvalue weighted by molar-refractivity contribution is 6.03. The van der Waals surface area contributed by atoms with Crippen LogP contribution in [0.5, 0.6) is 0 Å². The Balaban J connectivity index is 2.19. The van der Waals surface area contributed by atoms with Gasteiger partial charge in [0.25, 0.3) is 0 Å². The van der Waals surface area contributed by atoms with Gasteiger partial charge < -0.3 is 20.0 Å². The molecule has 0 spiro atoms. The summed E-state index contributed by atoms with van der Waals surface area (Å²) in [6.45, 7) is 3.22. The number of halogens is 7. The number of likely N-dealkylation sites (N-methyl/N-ethyl adjacent to an activating group) is 2. The van der Waals surface area contributed by atoms with Crippen LogP contribution in [0.25, 0.3) is 11.1 Å². The second-order valence-electron chi connectivity index (χ2n) is 10.4. The molecular weight excluding hydrogens is 571 g/mol. The summed E-state index contributed by atoms with van der Waals surface area (Å²) in [5.41, 5.74) is -4.07. The fraction of sp³-hybridized carbons (Fsp3) is 0.379. The number of alkyl halides is 6. The number of pyridine rings is 1. The zero-order valence-electron chi connectivity index (χ0n) is 23.4. The molecule has 0 radical (unpaired) electrons. The largest absolute Gasteiger partial charge is 0.416 e. The van der Waals surface area contributed by atoms with E-state index in [1.165, 1.54) is 56.3 Å². The zero-order valence-corrected chi connectivity index (χ0v) is 23.4. The predicted octanol–water partition coefficient (Wildman–Crippen LogP) is 5.96. The molecular formula is C29H30F7N3O3. The number of carbonyl (C=O) groups excluding carboxylic acids is 1. The van der Waals surface area contributed by atoms with Gasteiger partial charge in [-0.05, 0) is 73.9 Å². The van der Waals surface area contributed by atoms with Crippen LogP contribution >= 0.6 is 0 Å². The van der Waals surface area contributed by atoms with Crippen molar-refractivity contribution in [2.75, 3.05) is 37.1 Å². The fourth-order valence-electron chi connectivity index (χ4n) is 4.50. The van der Waals surface area contributed by atoms with Gasteiger partial charge in [0, 0.05) is 19.7 Å². The standard InChI is InChI=1S/C29H30F7N3O3/c1-16-8-20(30)6-7-22(16)23-12-25(38(4)21(14-40)15-41)37-13-24(23)39(5)26(42)27(2,3)17-9-18(28(31,32)33)11-19(10-17)29(34,35)36/h6-13,21,40-41H,14-15H2,1-5H3. The first kappa shape index (κ1) is 32.8. The number of hydrogen-bond acceptors (Lipinski definition) is 5. The first-order chi connectivity index (χ1) is 19.3. The van der Waals surface area contributed by atoms with Crippen molar-refractivity contribution in [3.05, 3.63) is 76.7 Å². The molecule has 0 saturated heterocycles. The smallest absolute Gasteiger partial charge is 0.394 e. The predicted molar refractivity (Wildman–Crippen MR) is 144 cm³/mol. The van der Waals surface area contributed by atoms with Gasteiger partial charge in [-0.3, -0.25) is 4.79 Å². The van der Waals surface area contributed by atoms with E-state index in [0.29, 0.717) is 28.8 Å². The van der Waals surface area contributed by atoms with Gasteiger partial charge in [-0.15, -0.1) is 0 Å². The molecule has 13 heteroatoms. The van der Waals surface area contributed by atoms with E-state index in [-0.39, 0.29) is 17.6 Å². The third-order valence-electron chi connectivity index (χ3n) is 7.19. The lowest BCUT2D eigenvalue weighted by Gasteiger charge is -2.33. The van der Waals surface area contributed by atoms with Crippen molar-refractivity contribution in [1.82, 2.24) is 4.98 Å². The summed E-state index contributed by atoms with van der Waals surface area (Å²) in [6.07, 6.45) is -8.92. The zero-order chi connectivity index (χ0) is 31.8. The minimum atomic E-state index is -5.10. The van der Waals surface area contributed by atoms with Crippen molar-refractivity contribution in [2.24, 2.45) is 0 Å². The molecule has 2 N–H and O–H groups in total. The lowest BCUT2D eigenvalue weighted by atomic mass is 9.81. The quantitative estimate of drug-likeness (QED) is 0.312. The van der Waals surface area contributed by atoms with Crippen LogP contribution in [0.3, 0.4) is 0 Å². The molecule has 3 aromatic rings. The van der Waals surface area contributed by atoms with Gasteiger partial charge in [-0.25, -0.2) is 9.37 Å². The Labute approximate surface area is 238 Å². The normalized spacial score (nSPS) is 12.5. The molecule has 0 aliphatic rings. The fourth-order valence-corrected chi connectivity index (χ4v) is 4.50. The third-order valence-corrected chi connectivity index (χ3v) is 7.19.